The molecule has 0 heterocycles. The van der Waals surface area contributed by atoms with Gasteiger partial charge in [-0.3, -0.25) is 10.1 Å². The lowest BCUT2D eigenvalue weighted by Crippen LogP contribution is -2.38. The molecule has 1 aliphatic rings. The summed E-state index contributed by atoms with van der Waals surface area (Å²) in [5, 5.41) is 13.2. The first-order chi connectivity index (χ1) is 8.66. The third kappa shape index (κ3) is 2.54. The highest BCUT2D eigenvalue weighted by atomic mass is 79.9. The zero-order valence-corrected chi connectivity index (χ0v) is 11.4. The van der Waals surface area contributed by atoms with E-state index < -0.39 is 16.6 Å². The van der Waals surface area contributed by atoms with Gasteiger partial charge in [0.1, 0.15) is 5.54 Å². The fourth-order valence-corrected chi connectivity index (χ4v) is 2.26. The second-order valence-electron chi connectivity index (χ2n) is 4.58. The zero-order valence-electron chi connectivity index (χ0n) is 9.84. The molecule has 0 spiro atoms. The predicted octanol–water partition coefficient (Wildman–Crippen LogP) is 4.17. The van der Waals surface area contributed by atoms with Crippen LogP contribution >= 0.6 is 15.9 Å². The van der Waals surface area contributed by atoms with Crippen molar-refractivity contribution < 1.29 is 18.1 Å². The topological polar surface area (TPSA) is 55.2 Å². The van der Waals surface area contributed by atoms with Gasteiger partial charge in [-0.25, -0.2) is 0 Å². The minimum Gasteiger partial charge on any atom is -0.371 e. The second-order valence-corrected chi connectivity index (χ2v) is 5.43. The monoisotopic (exact) mass is 338 g/mol. The molecule has 1 N–H and O–H groups in total. The van der Waals surface area contributed by atoms with Gasteiger partial charge in [-0.1, -0.05) is 0 Å². The number of benzene rings is 1. The predicted molar refractivity (Wildman–Crippen MR) is 67.2 cm³/mol. The summed E-state index contributed by atoms with van der Waals surface area (Å²) in [6, 6.07) is 2.57. The van der Waals surface area contributed by atoms with E-state index in [1.165, 1.54) is 19.1 Å². The molecule has 0 bridgehead atoms. The van der Waals surface area contributed by atoms with Gasteiger partial charge in [-0.2, -0.15) is 13.2 Å². The van der Waals surface area contributed by atoms with E-state index in [2.05, 4.69) is 21.2 Å². The number of alkyl halides is 3. The van der Waals surface area contributed by atoms with E-state index in [1.807, 2.05) is 0 Å². The molecule has 2 rings (SSSR count). The van der Waals surface area contributed by atoms with Crippen LogP contribution in [0.25, 0.3) is 0 Å². The number of nitro groups is 1. The summed E-state index contributed by atoms with van der Waals surface area (Å²) >= 11 is 3.06. The van der Waals surface area contributed by atoms with Crippen LogP contribution in [-0.4, -0.2) is 16.6 Å². The molecule has 0 amide bonds. The maximum atomic E-state index is 12.8. The lowest BCUT2D eigenvalue weighted by Gasteiger charge is -2.22. The minimum atomic E-state index is -4.33. The highest BCUT2D eigenvalue weighted by molar-refractivity contribution is 9.10. The second kappa shape index (κ2) is 4.36. The Bertz CT molecular complexity index is 541. The molecule has 0 aliphatic heterocycles. The first kappa shape index (κ1) is 14.1. The normalized spacial score (nSPS) is 17.1. The number of aryl methyl sites for hydroxylation is 1. The molecule has 1 aliphatic carbocycles. The maximum absolute atomic E-state index is 12.8. The van der Waals surface area contributed by atoms with E-state index >= 15 is 0 Å². The van der Waals surface area contributed by atoms with Gasteiger partial charge in [-0.15, -0.1) is 0 Å². The summed E-state index contributed by atoms with van der Waals surface area (Å²) in [7, 11) is 0. The van der Waals surface area contributed by atoms with Gasteiger partial charge in [0, 0.05) is 21.8 Å². The number of rotatable bonds is 3. The molecule has 1 aromatic rings. The van der Waals surface area contributed by atoms with Crippen LogP contribution in [0.1, 0.15) is 18.4 Å². The van der Waals surface area contributed by atoms with Gasteiger partial charge in [0.25, 0.3) is 5.69 Å². The van der Waals surface area contributed by atoms with E-state index in [9.17, 15) is 23.3 Å². The van der Waals surface area contributed by atoms with Crippen molar-refractivity contribution in [3.63, 3.8) is 0 Å². The summed E-state index contributed by atoms with van der Waals surface area (Å²) in [4.78, 5) is 10.2. The van der Waals surface area contributed by atoms with Crippen LogP contribution < -0.4 is 5.32 Å². The molecule has 4 nitrogen and oxygen atoms in total. The fourth-order valence-electron chi connectivity index (χ4n) is 1.83. The van der Waals surface area contributed by atoms with Gasteiger partial charge < -0.3 is 5.32 Å². The number of anilines is 1. The smallest absolute Gasteiger partial charge is 0.371 e. The highest BCUT2D eigenvalue weighted by Gasteiger charge is 2.63. The fraction of sp³-hybridized carbons (Fsp3) is 0.455. The van der Waals surface area contributed by atoms with Crippen molar-refractivity contribution in [2.24, 2.45) is 0 Å². The number of nitrogens with zero attached hydrogens (tertiary/aromatic N) is 1. The molecule has 104 valence electrons. The Morgan fingerprint density at radius 1 is 1.42 bits per heavy atom. The van der Waals surface area contributed by atoms with Crippen molar-refractivity contribution in [2.45, 2.75) is 31.5 Å². The molecule has 1 saturated carbocycles. The zero-order chi connectivity index (χ0) is 14.4. The largest absolute Gasteiger partial charge is 0.411 e. The molecule has 1 aromatic carbocycles. The van der Waals surface area contributed by atoms with Crippen LogP contribution in [0.2, 0.25) is 0 Å². The van der Waals surface area contributed by atoms with Crippen molar-refractivity contribution in [2.75, 3.05) is 5.32 Å². The van der Waals surface area contributed by atoms with E-state index in [4.69, 9.17) is 0 Å². The Balaban J connectivity index is 2.33. The standard InChI is InChI=1S/C11H10BrF3N2O2/c1-6-4-8(7(12)5-9(6)17(18)19)16-10(2-3-10)11(13,14)15/h4-5,16H,2-3H2,1H3. The van der Waals surface area contributed by atoms with Crippen LogP contribution in [0.3, 0.4) is 0 Å². The van der Waals surface area contributed by atoms with Crippen LogP contribution in [0.4, 0.5) is 24.5 Å². The first-order valence-electron chi connectivity index (χ1n) is 5.46. The van der Waals surface area contributed by atoms with Crippen molar-refractivity contribution in [1.29, 1.82) is 0 Å². The third-order valence-electron chi connectivity index (χ3n) is 3.15. The average Bonchev–Trinajstić information content (AvgIpc) is 3.02. The molecule has 0 unspecified atom stereocenters. The van der Waals surface area contributed by atoms with Gasteiger partial charge in [0.15, 0.2) is 0 Å². The highest BCUT2D eigenvalue weighted by Crippen LogP contribution is 2.52. The van der Waals surface area contributed by atoms with Gasteiger partial charge >= 0.3 is 6.18 Å². The Morgan fingerprint density at radius 2 is 2.00 bits per heavy atom. The Morgan fingerprint density at radius 3 is 2.42 bits per heavy atom. The van der Waals surface area contributed by atoms with Crippen molar-refractivity contribution in [3.05, 3.63) is 32.3 Å². The lowest BCUT2D eigenvalue weighted by molar-refractivity contribution is -0.385. The average molecular weight is 339 g/mol. The summed E-state index contributed by atoms with van der Waals surface area (Å²) in [5.74, 6) is 0. The molecule has 0 aromatic heterocycles. The van der Waals surface area contributed by atoms with Gasteiger partial charge in [0.05, 0.1) is 4.92 Å². The third-order valence-corrected chi connectivity index (χ3v) is 3.80. The number of nitrogens with one attached hydrogen (secondary N) is 1. The Labute approximate surface area is 115 Å². The number of halogens is 4. The van der Waals surface area contributed by atoms with Gasteiger partial charge in [-0.05, 0) is 41.8 Å². The molecule has 8 heteroatoms. The summed E-state index contributed by atoms with van der Waals surface area (Å²) < 4.78 is 38.8. The van der Waals surface area contributed by atoms with Crippen LogP contribution in [0.15, 0.2) is 16.6 Å². The first-order valence-corrected chi connectivity index (χ1v) is 6.25. The molecular formula is C11H10BrF3N2O2. The minimum absolute atomic E-state index is 0.0129. The maximum Gasteiger partial charge on any atom is 0.411 e. The van der Waals surface area contributed by atoms with Crippen LogP contribution in [-0.2, 0) is 0 Å². The summed E-state index contributed by atoms with van der Waals surface area (Å²) in [6.45, 7) is 1.49. The summed E-state index contributed by atoms with van der Waals surface area (Å²) in [5.41, 5.74) is -1.49. The number of hydrogen-bond acceptors (Lipinski definition) is 3. The number of nitro benzene ring substituents is 1. The SMILES string of the molecule is Cc1cc(NC2(C(F)(F)F)CC2)c(Br)cc1[N+](=O)[O-]. The van der Waals surface area contributed by atoms with Crippen molar-refractivity contribution in [1.82, 2.24) is 0 Å². The molecule has 0 saturated heterocycles. The quantitative estimate of drug-likeness (QED) is 0.664. The van der Waals surface area contributed by atoms with Crippen LogP contribution in [0, 0.1) is 17.0 Å². The van der Waals surface area contributed by atoms with Crippen molar-refractivity contribution >= 4 is 27.3 Å². The molecule has 0 atom stereocenters. The lowest BCUT2D eigenvalue weighted by atomic mass is 10.1. The molecular weight excluding hydrogens is 329 g/mol. The van der Waals surface area contributed by atoms with E-state index in [0.29, 0.717) is 5.56 Å². The van der Waals surface area contributed by atoms with E-state index in [-0.39, 0.29) is 28.7 Å². The Kier molecular flexibility index (Phi) is 3.24. The van der Waals surface area contributed by atoms with E-state index in [0.717, 1.165) is 0 Å². The molecule has 1 fully saturated rings. The molecule has 19 heavy (non-hydrogen) atoms. The van der Waals surface area contributed by atoms with Gasteiger partial charge in [0.2, 0.25) is 0 Å². The number of hydrogen-bond donors (Lipinski definition) is 1. The van der Waals surface area contributed by atoms with Crippen LogP contribution in [0.5, 0.6) is 0 Å². The molecule has 0 radical (unpaired) electrons. The summed E-state index contributed by atoms with van der Waals surface area (Å²) in [6.07, 6.45) is -4.31. The van der Waals surface area contributed by atoms with Crippen molar-refractivity contribution in [3.8, 4) is 0 Å². The Hall–Kier alpha value is -1.31. The van der Waals surface area contributed by atoms with E-state index in [1.54, 1.807) is 0 Å².